The SMILES string of the molecule is O=C(O)c1ccc2n1Cc1ccccc1N=C2. The molecule has 0 amide bonds. The van der Waals surface area contributed by atoms with Crippen LogP contribution in [0.3, 0.4) is 0 Å². The smallest absolute Gasteiger partial charge is 0.352 e. The van der Waals surface area contributed by atoms with Crippen LogP contribution in [0, 0.1) is 0 Å². The second-order valence-corrected chi connectivity index (χ2v) is 3.92. The molecule has 4 heteroatoms. The lowest BCUT2D eigenvalue weighted by molar-refractivity contribution is 0.0685. The molecule has 0 saturated carbocycles. The highest BCUT2D eigenvalue weighted by molar-refractivity contribution is 5.90. The van der Waals surface area contributed by atoms with Crippen LogP contribution in [0.5, 0.6) is 0 Å². The van der Waals surface area contributed by atoms with Crippen molar-refractivity contribution in [3.8, 4) is 0 Å². The van der Waals surface area contributed by atoms with E-state index in [1.165, 1.54) is 0 Å². The van der Waals surface area contributed by atoms with Crippen LogP contribution in [0.1, 0.15) is 21.7 Å². The van der Waals surface area contributed by atoms with Crippen molar-refractivity contribution >= 4 is 17.9 Å². The topological polar surface area (TPSA) is 54.6 Å². The molecule has 1 aromatic carbocycles. The molecule has 0 fully saturated rings. The average Bonchev–Trinajstić information content (AvgIpc) is 2.63. The molecular weight excluding hydrogens is 216 g/mol. The summed E-state index contributed by atoms with van der Waals surface area (Å²) < 4.78 is 1.76. The summed E-state index contributed by atoms with van der Waals surface area (Å²) in [5.41, 5.74) is 3.04. The van der Waals surface area contributed by atoms with Gasteiger partial charge in [0.1, 0.15) is 5.69 Å². The number of aliphatic imine (C=N–C) groups is 1. The fraction of sp³-hybridized carbons (Fsp3) is 0.0769. The first-order chi connectivity index (χ1) is 8.25. The molecule has 0 bridgehead atoms. The van der Waals surface area contributed by atoms with Gasteiger partial charge in [-0.2, -0.15) is 0 Å². The third kappa shape index (κ3) is 1.54. The summed E-state index contributed by atoms with van der Waals surface area (Å²) in [7, 11) is 0. The van der Waals surface area contributed by atoms with E-state index in [1.54, 1.807) is 22.9 Å². The molecule has 0 atom stereocenters. The minimum atomic E-state index is -0.913. The van der Waals surface area contributed by atoms with Gasteiger partial charge in [0, 0.05) is 0 Å². The van der Waals surface area contributed by atoms with Crippen molar-refractivity contribution in [3.05, 3.63) is 53.3 Å². The third-order valence-corrected chi connectivity index (χ3v) is 2.89. The number of benzene rings is 1. The van der Waals surface area contributed by atoms with Gasteiger partial charge in [-0.25, -0.2) is 4.79 Å². The lowest BCUT2D eigenvalue weighted by atomic mass is 10.2. The molecule has 2 aromatic rings. The molecule has 0 aliphatic carbocycles. The molecule has 0 spiro atoms. The number of aromatic carboxylic acids is 1. The minimum Gasteiger partial charge on any atom is -0.477 e. The molecule has 1 N–H and O–H groups in total. The minimum absolute atomic E-state index is 0.295. The molecule has 0 saturated heterocycles. The fourth-order valence-corrected chi connectivity index (χ4v) is 2.04. The van der Waals surface area contributed by atoms with Crippen LogP contribution in [0.15, 0.2) is 41.4 Å². The van der Waals surface area contributed by atoms with Crippen molar-refractivity contribution in [3.63, 3.8) is 0 Å². The number of aromatic nitrogens is 1. The summed E-state index contributed by atoms with van der Waals surface area (Å²) in [6.45, 7) is 0.542. The van der Waals surface area contributed by atoms with Gasteiger partial charge in [0.25, 0.3) is 0 Å². The normalized spacial score (nSPS) is 12.7. The lowest BCUT2D eigenvalue weighted by Gasteiger charge is -2.08. The van der Waals surface area contributed by atoms with Gasteiger partial charge in [-0.1, -0.05) is 18.2 Å². The number of carboxylic acid groups (broad SMARTS) is 1. The van der Waals surface area contributed by atoms with E-state index in [1.807, 2.05) is 24.3 Å². The van der Waals surface area contributed by atoms with E-state index < -0.39 is 5.97 Å². The molecule has 0 unspecified atom stereocenters. The van der Waals surface area contributed by atoms with Crippen LogP contribution < -0.4 is 0 Å². The number of hydrogen-bond donors (Lipinski definition) is 1. The fourth-order valence-electron chi connectivity index (χ4n) is 2.04. The first kappa shape index (κ1) is 9.84. The maximum atomic E-state index is 11.1. The van der Waals surface area contributed by atoms with Gasteiger partial charge in [0.15, 0.2) is 0 Å². The molecular formula is C13H10N2O2. The van der Waals surface area contributed by atoms with E-state index in [9.17, 15) is 4.79 Å². The van der Waals surface area contributed by atoms with Crippen LogP contribution in [-0.4, -0.2) is 21.9 Å². The van der Waals surface area contributed by atoms with Gasteiger partial charge in [-0.3, -0.25) is 4.99 Å². The number of carbonyl (C=O) groups is 1. The van der Waals surface area contributed by atoms with Crippen molar-refractivity contribution in [1.82, 2.24) is 4.57 Å². The summed E-state index contributed by atoms with van der Waals surface area (Å²) >= 11 is 0. The zero-order chi connectivity index (χ0) is 11.8. The predicted octanol–water partition coefficient (Wildman–Crippen LogP) is 2.30. The van der Waals surface area contributed by atoms with Crippen LogP contribution in [-0.2, 0) is 6.54 Å². The summed E-state index contributed by atoms with van der Waals surface area (Å²) in [5.74, 6) is -0.913. The molecule has 1 aliphatic rings. The highest BCUT2D eigenvalue weighted by Crippen LogP contribution is 2.24. The Bertz CT molecular complexity index is 626. The Morgan fingerprint density at radius 2 is 2.06 bits per heavy atom. The number of nitrogens with zero attached hydrogens (tertiary/aromatic N) is 2. The van der Waals surface area contributed by atoms with Crippen molar-refractivity contribution in [2.75, 3.05) is 0 Å². The van der Waals surface area contributed by atoms with E-state index in [2.05, 4.69) is 4.99 Å². The van der Waals surface area contributed by atoms with E-state index in [0.29, 0.717) is 12.2 Å². The summed E-state index contributed by atoms with van der Waals surface area (Å²) in [6, 6.07) is 11.1. The number of hydrogen-bond acceptors (Lipinski definition) is 2. The van der Waals surface area contributed by atoms with Crippen molar-refractivity contribution in [2.24, 2.45) is 4.99 Å². The number of rotatable bonds is 1. The van der Waals surface area contributed by atoms with Crippen molar-refractivity contribution < 1.29 is 9.90 Å². The number of fused-ring (bicyclic) bond motifs is 2. The van der Waals surface area contributed by atoms with Gasteiger partial charge < -0.3 is 9.67 Å². The third-order valence-electron chi connectivity index (χ3n) is 2.89. The highest BCUT2D eigenvalue weighted by Gasteiger charge is 2.16. The monoisotopic (exact) mass is 226 g/mol. The van der Waals surface area contributed by atoms with E-state index in [-0.39, 0.29) is 0 Å². The first-order valence-electron chi connectivity index (χ1n) is 5.30. The van der Waals surface area contributed by atoms with Crippen LogP contribution in [0.25, 0.3) is 0 Å². The standard InChI is InChI=1S/C13H10N2O2/c16-13(17)12-6-5-10-7-14-11-4-2-1-3-9(11)8-15(10)12/h1-7H,8H2,(H,16,17). The van der Waals surface area contributed by atoms with Crippen molar-refractivity contribution in [2.45, 2.75) is 6.54 Å². The molecule has 3 rings (SSSR count). The molecule has 84 valence electrons. The second kappa shape index (κ2) is 3.59. The molecule has 2 heterocycles. The summed E-state index contributed by atoms with van der Waals surface area (Å²) in [6.07, 6.45) is 1.71. The van der Waals surface area contributed by atoms with Crippen LogP contribution >= 0.6 is 0 Å². The quantitative estimate of drug-likeness (QED) is 0.692. The number of para-hydroxylation sites is 1. The van der Waals surface area contributed by atoms with Crippen molar-refractivity contribution in [1.29, 1.82) is 0 Å². The Morgan fingerprint density at radius 1 is 1.24 bits per heavy atom. The Labute approximate surface area is 97.8 Å². The summed E-state index contributed by atoms with van der Waals surface area (Å²) in [5, 5.41) is 9.10. The molecule has 1 aliphatic heterocycles. The average molecular weight is 226 g/mol. The molecule has 17 heavy (non-hydrogen) atoms. The summed E-state index contributed by atoms with van der Waals surface area (Å²) in [4.78, 5) is 15.5. The Hall–Kier alpha value is -2.36. The number of carboxylic acids is 1. The largest absolute Gasteiger partial charge is 0.477 e. The van der Waals surface area contributed by atoms with E-state index in [0.717, 1.165) is 16.9 Å². The van der Waals surface area contributed by atoms with Gasteiger partial charge >= 0.3 is 5.97 Å². The van der Waals surface area contributed by atoms with Crippen LogP contribution in [0.4, 0.5) is 5.69 Å². The molecule has 1 aromatic heterocycles. The van der Waals surface area contributed by atoms with Gasteiger partial charge in [0.2, 0.25) is 0 Å². The lowest BCUT2D eigenvalue weighted by Crippen LogP contribution is -2.10. The first-order valence-corrected chi connectivity index (χ1v) is 5.30. The maximum Gasteiger partial charge on any atom is 0.352 e. The molecule has 4 nitrogen and oxygen atoms in total. The molecule has 0 radical (unpaired) electrons. The highest BCUT2D eigenvalue weighted by atomic mass is 16.4. The van der Waals surface area contributed by atoms with Gasteiger partial charge in [0.05, 0.1) is 24.1 Å². The zero-order valence-corrected chi connectivity index (χ0v) is 9.00. The van der Waals surface area contributed by atoms with Gasteiger partial charge in [-0.15, -0.1) is 0 Å². The second-order valence-electron chi connectivity index (χ2n) is 3.92. The zero-order valence-electron chi connectivity index (χ0n) is 9.00. The van der Waals surface area contributed by atoms with Crippen LogP contribution in [0.2, 0.25) is 0 Å². The maximum absolute atomic E-state index is 11.1. The Morgan fingerprint density at radius 3 is 2.88 bits per heavy atom. The Balaban J connectivity index is 2.17. The van der Waals surface area contributed by atoms with E-state index >= 15 is 0 Å². The van der Waals surface area contributed by atoms with Gasteiger partial charge in [-0.05, 0) is 23.8 Å². The van der Waals surface area contributed by atoms with E-state index in [4.69, 9.17) is 5.11 Å². The Kier molecular flexibility index (Phi) is 2.08. The predicted molar refractivity (Wildman–Crippen MR) is 64.2 cm³/mol.